The quantitative estimate of drug-likeness (QED) is 0.708. The summed E-state index contributed by atoms with van der Waals surface area (Å²) in [6, 6.07) is 15.8. The molecule has 0 N–H and O–H groups in total. The number of methoxy groups -OCH3 is 1. The van der Waals surface area contributed by atoms with Crippen molar-refractivity contribution in [2.75, 3.05) is 13.7 Å². The molecule has 1 heterocycles. The van der Waals surface area contributed by atoms with Crippen molar-refractivity contribution in [3.8, 4) is 5.75 Å². The van der Waals surface area contributed by atoms with Crippen LogP contribution >= 0.6 is 11.8 Å². The zero-order chi connectivity index (χ0) is 18.5. The summed E-state index contributed by atoms with van der Waals surface area (Å²) in [6.07, 6.45) is 2.94. The molecule has 4 nitrogen and oxygen atoms in total. The molecule has 0 spiro atoms. The SMILES string of the molecule is CCc1ccc(/C=C2/SC(=Nc3ccc(OC)cc3)N(CC)C2=O)cc1. The molecule has 134 valence electrons. The molecule has 3 rings (SSSR count). The maximum absolute atomic E-state index is 12.7. The van der Waals surface area contributed by atoms with E-state index in [0.717, 1.165) is 23.4 Å². The molecule has 5 heteroatoms. The average Bonchev–Trinajstić information content (AvgIpc) is 2.97. The van der Waals surface area contributed by atoms with Crippen molar-refractivity contribution in [3.05, 3.63) is 64.6 Å². The van der Waals surface area contributed by atoms with Gasteiger partial charge in [0.25, 0.3) is 5.91 Å². The average molecular weight is 366 g/mol. The summed E-state index contributed by atoms with van der Waals surface area (Å²) < 4.78 is 5.17. The number of amides is 1. The fraction of sp³-hybridized carbons (Fsp3) is 0.238. The Morgan fingerprint density at radius 1 is 1.08 bits per heavy atom. The molecular weight excluding hydrogens is 344 g/mol. The molecule has 1 aliphatic rings. The number of hydrogen-bond acceptors (Lipinski definition) is 4. The van der Waals surface area contributed by atoms with E-state index in [1.165, 1.54) is 17.3 Å². The zero-order valence-corrected chi connectivity index (χ0v) is 16.0. The van der Waals surface area contributed by atoms with Crippen LogP contribution < -0.4 is 4.74 Å². The van der Waals surface area contributed by atoms with E-state index >= 15 is 0 Å². The predicted octanol–water partition coefficient (Wildman–Crippen LogP) is 4.88. The molecule has 0 aliphatic carbocycles. The van der Waals surface area contributed by atoms with Gasteiger partial charge in [-0.3, -0.25) is 9.69 Å². The molecular formula is C21H22N2O2S. The zero-order valence-electron chi connectivity index (χ0n) is 15.2. The van der Waals surface area contributed by atoms with Crippen LogP contribution in [0, 0.1) is 0 Å². The van der Waals surface area contributed by atoms with Gasteiger partial charge in [-0.25, -0.2) is 4.99 Å². The summed E-state index contributed by atoms with van der Waals surface area (Å²) in [7, 11) is 1.63. The van der Waals surface area contributed by atoms with Crippen LogP contribution in [0.25, 0.3) is 6.08 Å². The smallest absolute Gasteiger partial charge is 0.266 e. The lowest BCUT2D eigenvalue weighted by Crippen LogP contribution is -2.28. The number of aliphatic imine (C=N–C) groups is 1. The Kier molecular flexibility index (Phi) is 5.78. The van der Waals surface area contributed by atoms with Gasteiger partial charge in [0.15, 0.2) is 5.17 Å². The number of ether oxygens (including phenoxy) is 1. The van der Waals surface area contributed by atoms with Gasteiger partial charge in [0.05, 0.1) is 17.7 Å². The first-order valence-corrected chi connectivity index (χ1v) is 9.49. The van der Waals surface area contributed by atoms with E-state index in [2.05, 4.69) is 36.2 Å². The molecule has 1 amide bonds. The number of benzene rings is 2. The van der Waals surface area contributed by atoms with Gasteiger partial charge in [0.2, 0.25) is 0 Å². The molecule has 0 aromatic heterocycles. The summed E-state index contributed by atoms with van der Waals surface area (Å²) in [5.41, 5.74) is 3.11. The van der Waals surface area contributed by atoms with Gasteiger partial charge in [-0.15, -0.1) is 0 Å². The highest BCUT2D eigenvalue weighted by Crippen LogP contribution is 2.34. The lowest BCUT2D eigenvalue weighted by atomic mass is 10.1. The fourth-order valence-electron chi connectivity index (χ4n) is 2.64. The number of amidine groups is 1. The van der Waals surface area contributed by atoms with Gasteiger partial charge in [0.1, 0.15) is 5.75 Å². The normalized spacial score (nSPS) is 17.3. The van der Waals surface area contributed by atoms with Crippen LogP contribution in [0.3, 0.4) is 0 Å². The Morgan fingerprint density at radius 3 is 2.35 bits per heavy atom. The van der Waals surface area contributed by atoms with E-state index in [4.69, 9.17) is 4.74 Å². The Bertz CT molecular complexity index is 839. The van der Waals surface area contributed by atoms with Crippen LogP contribution in [-0.4, -0.2) is 29.6 Å². The lowest BCUT2D eigenvalue weighted by molar-refractivity contribution is -0.122. The third kappa shape index (κ3) is 3.99. The van der Waals surface area contributed by atoms with E-state index in [-0.39, 0.29) is 5.91 Å². The molecule has 0 saturated carbocycles. The molecule has 0 atom stereocenters. The second-order valence-electron chi connectivity index (χ2n) is 5.85. The van der Waals surface area contributed by atoms with Crippen LogP contribution in [0.5, 0.6) is 5.75 Å². The highest BCUT2D eigenvalue weighted by molar-refractivity contribution is 8.18. The van der Waals surface area contributed by atoms with Crippen molar-refractivity contribution < 1.29 is 9.53 Å². The van der Waals surface area contributed by atoms with Crippen molar-refractivity contribution in [3.63, 3.8) is 0 Å². The van der Waals surface area contributed by atoms with E-state index in [9.17, 15) is 4.79 Å². The first kappa shape index (κ1) is 18.3. The monoisotopic (exact) mass is 366 g/mol. The number of carbonyl (C=O) groups excluding carboxylic acids is 1. The number of carbonyl (C=O) groups is 1. The van der Waals surface area contributed by atoms with Crippen LogP contribution in [0.2, 0.25) is 0 Å². The third-order valence-corrected chi connectivity index (χ3v) is 5.19. The second-order valence-corrected chi connectivity index (χ2v) is 6.86. The van der Waals surface area contributed by atoms with E-state index in [0.29, 0.717) is 16.6 Å². The van der Waals surface area contributed by atoms with E-state index in [1.807, 2.05) is 37.3 Å². The van der Waals surface area contributed by atoms with Gasteiger partial charge < -0.3 is 4.74 Å². The van der Waals surface area contributed by atoms with Gasteiger partial charge in [0, 0.05) is 6.54 Å². The molecule has 26 heavy (non-hydrogen) atoms. The number of hydrogen-bond donors (Lipinski definition) is 0. The number of aryl methyl sites for hydroxylation is 1. The third-order valence-electron chi connectivity index (χ3n) is 4.19. The van der Waals surface area contributed by atoms with E-state index in [1.54, 1.807) is 12.0 Å². The molecule has 2 aromatic rings. The number of rotatable bonds is 5. The molecule has 0 unspecified atom stereocenters. The van der Waals surface area contributed by atoms with Crippen LogP contribution in [0.1, 0.15) is 25.0 Å². The van der Waals surface area contributed by atoms with Gasteiger partial charge in [-0.05, 0) is 66.6 Å². The minimum absolute atomic E-state index is 0.00401. The summed E-state index contributed by atoms with van der Waals surface area (Å²) in [5, 5.41) is 0.707. The van der Waals surface area contributed by atoms with Crippen molar-refractivity contribution in [1.82, 2.24) is 4.90 Å². The Morgan fingerprint density at radius 2 is 1.77 bits per heavy atom. The van der Waals surface area contributed by atoms with E-state index < -0.39 is 0 Å². The van der Waals surface area contributed by atoms with Crippen LogP contribution in [0.4, 0.5) is 5.69 Å². The molecule has 2 aromatic carbocycles. The molecule has 1 saturated heterocycles. The summed E-state index contributed by atoms with van der Waals surface area (Å²) in [5.74, 6) is 0.789. The first-order valence-electron chi connectivity index (χ1n) is 8.67. The largest absolute Gasteiger partial charge is 0.497 e. The molecule has 1 aliphatic heterocycles. The maximum atomic E-state index is 12.7. The Labute approximate surface area is 158 Å². The van der Waals surface area contributed by atoms with Gasteiger partial charge >= 0.3 is 0 Å². The van der Waals surface area contributed by atoms with Gasteiger partial charge in [-0.1, -0.05) is 31.2 Å². The summed E-state index contributed by atoms with van der Waals surface area (Å²) in [6.45, 7) is 4.68. The second kappa shape index (κ2) is 8.23. The number of thioether (sulfide) groups is 1. The minimum atomic E-state index is 0.00401. The Balaban J connectivity index is 1.86. The lowest BCUT2D eigenvalue weighted by Gasteiger charge is -2.12. The predicted molar refractivity (Wildman–Crippen MR) is 109 cm³/mol. The number of nitrogens with zero attached hydrogens (tertiary/aromatic N) is 2. The fourth-order valence-corrected chi connectivity index (χ4v) is 3.70. The molecule has 1 fully saturated rings. The van der Waals surface area contributed by atoms with Crippen molar-refractivity contribution in [2.24, 2.45) is 4.99 Å². The van der Waals surface area contributed by atoms with Crippen LogP contribution in [-0.2, 0) is 11.2 Å². The molecule has 0 radical (unpaired) electrons. The topological polar surface area (TPSA) is 41.9 Å². The van der Waals surface area contributed by atoms with Gasteiger partial charge in [-0.2, -0.15) is 0 Å². The highest BCUT2D eigenvalue weighted by Gasteiger charge is 2.32. The van der Waals surface area contributed by atoms with Crippen molar-refractivity contribution >= 4 is 34.6 Å². The number of likely N-dealkylation sites (N-methyl/N-ethyl adjacent to an activating group) is 1. The summed E-state index contributed by atoms with van der Waals surface area (Å²) in [4.78, 5) is 19.8. The van der Waals surface area contributed by atoms with Crippen LogP contribution in [0.15, 0.2) is 58.4 Å². The summed E-state index contributed by atoms with van der Waals surface area (Å²) >= 11 is 1.42. The molecule has 0 bridgehead atoms. The first-order chi connectivity index (χ1) is 12.6. The minimum Gasteiger partial charge on any atom is -0.497 e. The van der Waals surface area contributed by atoms with Crippen molar-refractivity contribution in [1.29, 1.82) is 0 Å². The Hall–Kier alpha value is -2.53. The maximum Gasteiger partial charge on any atom is 0.266 e. The highest BCUT2D eigenvalue weighted by atomic mass is 32.2. The standard InChI is InChI=1S/C21H22N2O2S/c1-4-15-6-8-16(9-7-15)14-19-20(24)23(5-2)21(26-19)22-17-10-12-18(25-3)13-11-17/h6-14H,4-5H2,1-3H3/b19-14+,22-21?. The van der Waals surface area contributed by atoms with Crippen molar-refractivity contribution in [2.45, 2.75) is 20.3 Å².